The lowest BCUT2D eigenvalue weighted by molar-refractivity contribution is 0.141. The molecule has 0 fully saturated rings. The van der Waals surface area contributed by atoms with Crippen LogP contribution >= 0.6 is 0 Å². The zero-order valence-corrected chi connectivity index (χ0v) is 25.7. The maximum Gasteiger partial charge on any atom is 0.414 e. The van der Waals surface area contributed by atoms with Gasteiger partial charge in [0.15, 0.2) is 0 Å². The first-order valence-corrected chi connectivity index (χ1v) is 14.1. The first-order chi connectivity index (χ1) is 20.7. The molecular formula is C35H42N4O4. The summed E-state index contributed by atoms with van der Waals surface area (Å²) in [5, 5.41) is 16.2. The smallest absolute Gasteiger partial charge is 0.414 e. The Morgan fingerprint density at radius 1 is 1.09 bits per heavy atom. The Balaban J connectivity index is 2.21. The molecule has 0 aromatic heterocycles. The van der Waals surface area contributed by atoms with Crippen molar-refractivity contribution < 1.29 is 19.4 Å². The first-order valence-electron chi connectivity index (χ1n) is 14.1. The number of aromatic hydroxyl groups is 1. The third-order valence-electron chi connectivity index (χ3n) is 6.76. The van der Waals surface area contributed by atoms with Gasteiger partial charge in [0.25, 0.3) is 0 Å². The van der Waals surface area contributed by atoms with Crippen molar-refractivity contribution in [3.05, 3.63) is 115 Å². The number of nitrogens with one attached hydrogen (secondary N) is 3. The Morgan fingerprint density at radius 3 is 2.40 bits per heavy atom. The molecule has 0 aliphatic heterocycles. The van der Waals surface area contributed by atoms with Crippen LogP contribution in [-0.2, 0) is 4.74 Å². The fourth-order valence-corrected chi connectivity index (χ4v) is 4.46. The molecule has 8 nitrogen and oxygen atoms in total. The van der Waals surface area contributed by atoms with Gasteiger partial charge in [0.05, 0.1) is 18.5 Å². The van der Waals surface area contributed by atoms with Crippen LogP contribution in [0.4, 0.5) is 16.2 Å². The summed E-state index contributed by atoms with van der Waals surface area (Å²) >= 11 is 0. The molecule has 0 radical (unpaired) electrons. The highest BCUT2D eigenvalue weighted by Crippen LogP contribution is 2.43. The van der Waals surface area contributed by atoms with Crippen LogP contribution in [0, 0.1) is 0 Å². The number of hydrogen-bond acceptors (Lipinski definition) is 7. The van der Waals surface area contributed by atoms with E-state index in [0.717, 1.165) is 29.8 Å². The highest BCUT2D eigenvalue weighted by atomic mass is 16.6. The number of fused-ring (bicyclic) bond motifs is 1. The summed E-state index contributed by atoms with van der Waals surface area (Å²) < 4.78 is 11.2. The largest absolute Gasteiger partial charge is 0.507 e. The molecule has 3 aromatic rings. The Labute approximate surface area is 254 Å². The lowest BCUT2D eigenvalue weighted by atomic mass is 9.89. The number of phenols is 1. The van der Waals surface area contributed by atoms with E-state index in [2.05, 4.69) is 29.3 Å². The summed E-state index contributed by atoms with van der Waals surface area (Å²) in [5.41, 5.74) is 10.3. The van der Waals surface area contributed by atoms with E-state index < -0.39 is 6.09 Å². The number of nitrogens with zero attached hydrogens (tertiary/aromatic N) is 1. The number of hydrogen-bond donors (Lipinski definition) is 4. The lowest BCUT2D eigenvalue weighted by Gasteiger charge is -2.22. The van der Waals surface area contributed by atoms with Crippen LogP contribution in [0.25, 0.3) is 16.3 Å². The van der Waals surface area contributed by atoms with Gasteiger partial charge in [-0.05, 0) is 75.8 Å². The standard InChI is InChI=1S/C35H42N4O4/c1-8-10-14-27(24(3)4)33(32(9-2)43-35(41)39(6)22-13-21-36-5)30-23-31(28-15-11-12-16-29(28)34(30)40)38-37-25-17-19-26(42-7)20-18-25/h8-12,14-20,23,36-38,40H,2-3,13,21-22H2,1,4-7H3/b10-8-,27-14+,33-32-. The molecule has 0 spiro atoms. The van der Waals surface area contributed by atoms with E-state index in [1.807, 2.05) is 93.7 Å². The number of carbonyl (C=O) groups excluding carboxylic acids is 1. The number of methoxy groups -OCH3 is 1. The minimum atomic E-state index is -0.532. The molecule has 1 amide bonds. The van der Waals surface area contributed by atoms with Gasteiger partial charge in [-0.2, -0.15) is 0 Å². The Kier molecular flexibility index (Phi) is 12.0. The molecular weight excluding hydrogens is 540 g/mol. The molecule has 3 rings (SSSR count). The number of hydrazine groups is 1. The summed E-state index contributed by atoms with van der Waals surface area (Å²) in [4.78, 5) is 14.7. The molecule has 3 aromatic carbocycles. The van der Waals surface area contributed by atoms with Gasteiger partial charge in [0.2, 0.25) is 0 Å². The van der Waals surface area contributed by atoms with Crippen LogP contribution in [0.5, 0.6) is 11.5 Å². The van der Waals surface area contributed by atoms with E-state index in [1.165, 1.54) is 11.0 Å². The topological polar surface area (TPSA) is 95.1 Å². The predicted octanol–water partition coefficient (Wildman–Crippen LogP) is 7.65. The summed E-state index contributed by atoms with van der Waals surface area (Å²) in [7, 11) is 5.18. The number of allylic oxidation sites excluding steroid dienone is 7. The van der Waals surface area contributed by atoms with Crippen molar-refractivity contribution in [3.8, 4) is 11.5 Å². The van der Waals surface area contributed by atoms with Gasteiger partial charge in [0.1, 0.15) is 17.3 Å². The molecule has 4 N–H and O–H groups in total. The SMILES string of the molecule is C=C\C(OC(=O)N(C)CCCNC)=C(/C(=C/C=C\C)C(=C)C)c1cc(NNc2ccc(OC)cc2)c2ccccc2c1O. The fraction of sp³-hybridized carbons (Fsp3) is 0.229. The van der Waals surface area contributed by atoms with E-state index in [9.17, 15) is 9.90 Å². The van der Waals surface area contributed by atoms with Crippen molar-refractivity contribution in [3.63, 3.8) is 0 Å². The monoisotopic (exact) mass is 582 g/mol. The normalized spacial score (nSPS) is 12.1. The van der Waals surface area contributed by atoms with Crippen molar-refractivity contribution in [2.45, 2.75) is 20.3 Å². The fourth-order valence-electron chi connectivity index (χ4n) is 4.46. The van der Waals surface area contributed by atoms with Crippen LogP contribution in [-0.4, -0.2) is 50.4 Å². The number of rotatable bonds is 14. The van der Waals surface area contributed by atoms with Crippen LogP contribution in [0.3, 0.4) is 0 Å². The van der Waals surface area contributed by atoms with Crippen molar-refractivity contribution in [1.82, 2.24) is 10.2 Å². The maximum atomic E-state index is 13.2. The van der Waals surface area contributed by atoms with Gasteiger partial charge >= 0.3 is 6.09 Å². The van der Waals surface area contributed by atoms with E-state index >= 15 is 0 Å². The number of carbonyl (C=O) groups is 1. The number of amides is 1. The number of phenolic OH excluding ortho intramolecular Hbond substituents is 1. The molecule has 0 atom stereocenters. The Morgan fingerprint density at radius 2 is 1.79 bits per heavy atom. The molecule has 0 bridgehead atoms. The molecule has 0 aliphatic carbocycles. The van der Waals surface area contributed by atoms with Crippen LogP contribution < -0.4 is 20.9 Å². The molecule has 0 saturated heterocycles. The average Bonchev–Trinajstić information content (AvgIpc) is 3.02. The van der Waals surface area contributed by atoms with Crippen molar-refractivity contribution in [2.75, 3.05) is 45.1 Å². The second-order valence-electron chi connectivity index (χ2n) is 9.92. The Hall–Kier alpha value is -4.95. The summed E-state index contributed by atoms with van der Waals surface area (Å²) in [6.07, 6.45) is 7.36. The van der Waals surface area contributed by atoms with Crippen molar-refractivity contribution >= 4 is 33.8 Å². The molecule has 0 saturated carbocycles. The second kappa shape index (κ2) is 15.9. The number of anilines is 2. The zero-order chi connectivity index (χ0) is 31.4. The lowest BCUT2D eigenvalue weighted by Crippen LogP contribution is -2.30. The van der Waals surface area contributed by atoms with Gasteiger partial charge in [0, 0.05) is 35.5 Å². The predicted molar refractivity (Wildman–Crippen MR) is 178 cm³/mol. The second-order valence-corrected chi connectivity index (χ2v) is 9.92. The van der Waals surface area contributed by atoms with Gasteiger partial charge in [-0.3, -0.25) is 0 Å². The zero-order valence-electron chi connectivity index (χ0n) is 25.7. The van der Waals surface area contributed by atoms with Crippen LogP contribution in [0.1, 0.15) is 25.8 Å². The van der Waals surface area contributed by atoms with E-state index in [-0.39, 0.29) is 11.5 Å². The highest BCUT2D eigenvalue weighted by Gasteiger charge is 2.23. The quantitative estimate of drug-likeness (QED) is 0.0510. The maximum absolute atomic E-state index is 13.2. The third-order valence-corrected chi connectivity index (χ3v) is 6.76. The number of ether oxygens (including phenoxy) is 2. The minimum absolute atomic E-state index is 0.0333. The summed E-state index contributed by atoms with van der Waals surface area (Å²) in [6, 6.07) is 16.9. The molecule has 43 heavy (non-hydrogen) atoms. The van der Waals surface area contributed by atoms with E-state index in [4.69, 9.17) is 9.47 Å². The van der Waals surface area contributed by atoms with Crippen molar-refractivity contribution in [2.24, 2.45) is 0 Å². The van der Waals surface area contributed by atoms with E-state index in [0.29, 0.717) is 39.9 Å². The first kappa shape index (κ1) is 32.6. The molecule has 0 heterocycles. The molecule has 0 unspecified atom stereocenters. The van der Waals surface area contributed by atoms with Crippen LogP contribution in [0.2, 0.25) is 0 Å². The van der Waals surface area contributed by atoms with E-state index in [1.54, 1.807) is 14.2 Å². The molecule has 226 valence electrons. The average molecular weight is 583 g/mol. The number of benzene rings is 3. The van der Waals surface area contributed by atoms with Crippen molar-refractivity contribution in [1.29, 1.82) is 0 Å². The highest BCUT2D eigenvalue weighted by molar-refractivity contribution is 6.04. The van der Waals surface area contributed by atoms with Gasteiger partial charge in [-0.15, -0.1) is 0 Å². The Bertz CT molecular complexity index is 1540. The summed E-state index contributed by atoms with van der Waals surface area (Å²) in [6.45, 7) is 13.2. The van der Waals surface area contributed by atoms with Gasteiger partial charge in [-0.1, -0.05) is 61.2 Å². The van der Waals surface area contributed by atoms with Gasteiger partial charge in [-0.25, -0.2) is 4.79 Å². The third kappa shape index (κ3) is 8.30. The molecule has 0 aliphatic rings. The summed E-state index contributed by atoms with van der Waals surface area (Å²) in [5.74, 6) is 0.979. The van der Waals surface area contributed by atoms with Crippen LogP contribution in [0.15, 0.2) is 109 Å². The molecule has 8 heteroatoms. The minimum Gasteiger partial charge on any atom is -0.507 e. The van der Waals surface area contributed by atoms with Gasteiger partial charge < -0.3 is 35.6 Å².